The standard InChI is InChI=1S/C21H26N2O/c1-2-13-22-15-18(17-10-4-6-12-20(17)22)21(24)23-14-7-9-16-8-3-5-11-19(16)23/h2,4,6,10,12,15-16,19H,1,3,5,7-9,11,13-14H2/t16-,19+/m1/s1. The maximum absolute atomic E-state index is 13.4. The molecular formula is C21H26N2O. The molecule has 3 heteroatoms. The van der Waals surface area contributed by atoms with Crippen LogP contribution in [-0.4, -0.2) is 28.0 Å². The van der Waals surface area contributed by atoms with E-state index in [0.717, 1.165) is 41.9 Å². The van der Waals surface area contributed by atoms with Gasteiger partial charge in [-0.25, -0.2) is 0 Å². The zero-order valence-electron chi connectivity index (χ0n) is 14.3. The van der Waals surface area contributed by atoms with Crippen LogP contribution >= 0.6 is 0 Å². The molecule has 126 valence electrons. The van der Waals surface area contributed by atoms with Crippen molar-refractivity contribution in [2.45, 2.75) is 51.1 Å². The highest BCUT2D eigenvalue weighted by atomic mass is 16.2. The third kappa shape index (κ3) is 2.56. The molecule has 1 aromatic heterocycles. The highest BCUT2D eigenvalue weighted by Crippen LogP contribution is 2.36. The van der Waals surface area contributed by atoms with Gasteiger partial charge in [-0.15, -0.1) is 6.58 Å². The maximum Gasteiger partial charge on any atom is 0.256 e. The fraction of sp³-hybridized carbons (Fsp3) is 0.476. The number of allylic oxidation sites excluding steroid dienone is 1. The Morgan fingerprint density at radius 3 is 2.83 bits per heavy atom. The van der Waals surface area contributed by atoms with Crippen molar-refractivity contribution in [1.82, 2.24) is 9.47 Å². The lowest BCUT2D eigenvalue weighted by molar-refractivity contribution is 0.0392. The molecule has 2 fully saturated rings. The predicted octanol–water partition coefficient (Wildman–Crippen LogP) is 4.62. The number of nitrogens with zero attached hydrogens (tertiary/aromatic N) is 2. The third-order valence-corrected chi connectivity index (χ3v) is 5.85. The molecule has 1 saturated carbocycles. The monoisotopic (exact) mass is 322 g/mol. The average molecular weight is 322 g/mol. The number of benzene rings is 1. The second kappa shape index (κ2) is 6.46. The molecule has 1 aliphatic heterocycles. The Morgan fingerprint density at radius 2 is 1.96 bits per heavy atom. The summed E-state index contributed by atoms with van der Waals surface area (Å²) in [6.45, 7) is 5.50. The number of piperidine rings is 1. The van der Waals surface area contributed by atoms with Crippen LogP contribution < -0.4 is 0 Å². The summed E-state index contributed by atoms with van der Waals surface area (Å²) < 4.78 is 2.14. The highest BCUT2D eigenvalue weighted by molar-refractivity contribution is 6.07. The van der Waals surface area contributed by atoms with Crippen LogP contribution in [0.5, 0.6) is 0 Å². The Kier molecular flexibility index (Phi) is 4.17. The maximum atomic E-state index is 13.4. The summed E-state index contributed by atoms with van der Waals surface area (Å²) in [5.41, 5.74) is 1.98. The van der Waals surface area contributed by atoms with Crippen LogP contribution in [-0.2, 0) is 6.54 Å². The van der Waals surface area contributed by atoms with E-state index in [1.807, 2.05) is 24.4 Å². The molecule has 2 atom stereocenters. The van der Waals surface area contributed by atoms with Gasteiger partial charge in [-0.1, -0.05) is 37.1 Å². The molecule has 4 rings (SSSR count). The second-order valence-electron chi connectivity index (χ2n) is 7.25. The minimum absolute atomic E-state index is 0.227. The number of aromatic nitrogens is 1. The van der Waals surface area contributed by atoms with Gasteiger partial charge < -0.3 is 9.47 Å². The molecule has 2 aromatic rings. The molecule has 1 aliphatic carbocycles. The number of hydrogen-bond donors (Lipinski definition) is 0. The van der Waals surface area contributed by atoms with Gasteiger partial charge in [0, 0.05) is 36.2 Å². The molecule has 0 N–H and O–H groups in total. The van der Waals surface area contributed by atoms with E-state index in [1.165, 1.54) is 32.1 Å². The third-order valence-electron chi connectivity index (χ3n) is 5.85. The van der Waals surface area contributed by atoms with Crippen LogP contribution in [0.25, 0.3) is 10.9 Å². The second-order valence-corrected chi connectivity index (χ2v) is 7.25. The van der Waals surface area contributed by atoms with Gasteiger partial charge in [0.05, 0.1) is 5.56 Å². The number of carbonyl (C=O) groups excluding carboxylic acids is 1. The summed E-state index contributed by atoms with van der Waals surface area (Å²) in [7, 11) is 0. The van der Waals surface area contributed by atoms with E-state index in [4.69, 9.17) is 0 Å². The molecule has 2 heterocycles. The summed E-state index contributed by atoms with van der Waals surface area (Å²) in [6, 6.07) is 8.69. The van der Waals surface area contributed by atoms with Crippen molar-refractivity contribution in [3.63, 3.8) is 0 Å². The van der Waals surface area contributed by atoms with Gasteiger partial charge in [-0.05, 0) is 37.7 Å². The van der Waals surface area contributed by atoms with E-state index in [2.05, 4.69) is 28.2 Å². The van der Waals surface area contributed by atoms with Crippen LogP contribution in [0.3, 0.4) is 0 Å². The SMILES string of the molecule is C=CCn1cc(C(=O)N2CCC[C@H]3CCCC[C@@H]32)c2ccccc21. The molecule has 24 heavy (non-hydrogen) atoms. The quantitative estimate of drug-likeness (QED) is 0.757. The molecule has 2 aliphatic rings. The van der Waals surface area contributed by atoms with Gasteiger partial charge in [-0.3, -0.25) is 4.79 Å². The summed E-state index contributed by atoms with van der Waals surface area (Å²) in [6.07, 6.45) is 11.4. The normalized spacial score (nSPS) is 23.9. The number of likely N-dealkylation sites (tertiary alicyclic amines) is 1. The molecule has 0 unspecified atom stereocenters. The lowest BCUT2D eigenvalue weighted by Gasteiger charge is -2.44. The van der Waals surface area contributed by atoms with Crippen LogP contribution in [0.4, 0.5) is 0 Å². The van der Waals surface area contributed by atoms with E-state index in [0.29, 0.717) is 6.04 Å². The van der Waals surface area contributed by atoms with E-state index in [1.54, 1.807) is 0 Å². The summed E-state index contributed by atoms with van der Waals surface area (Å²) in [5.74, 6) is 0.948. The molecule has 3 nitrogen and oxygen atoms in total. The van der Waals surface area contributed by atoms with Crippen LogP contribution in [0.2, 0.25) is 0 Å². The smallest absolute Gasteiger partial charge is 0.256 e. The number of para-hydroxylation sites is 1. The molecule has 1 amide bonds. The first-order valence-corrected chi connectivity index (χ1v) is 9.29. The fourth-order valence-electron chi connectivity index (χ4n) is 4.74. The predicted molar refractivity (Wildman–Crippen MR) is 98.2 cm³/mol. The number of fused-ring (bicyclic) bond motifs is 2. The van der Waals surface area contributed by atoms with Crippen LogP contribution in [0.1, 0.15) is 48.9 Å². The molecule has 1 saturated heterocycles. The van der Waals surface area contributed by atoms with Crippen molar-refractivity contribution in [3.05, 3.63) is 48.7 Å². The van der Waals surface area contributed by atoms with Crippen molar-refractivity contribution in [2.24, 2.45) is 5.92 Å². The number of rotatable bonds is 3. The van der Waals surface area contributed by atoms with Gasteiger partial charge >= 0.3 is 0 Å². The molecule has 1 aromatic carbocycles. The first-order chi connectivity index (χ1) is 11.8. The van der Waals surface area contributed by atoms with Crippen molar-refractivity contribution in [2.75, 3.05) is 6.54 Å². The summed E-state index contributed by atoms with van der Waals surface area (Å²) in [4.78, 5) is 15.6. The van der Waals surface area contributed by atoms with Gasteiger partial charge in [0.15, 0.2) is 0 Å². The lowest BCUT2D eigenvalue weighted by atomic mass is 9.78. The summed E-state index contributed by atoms with van der Waals surface area (Å²) >= 11 is 0. The zero-order chi connectivity index (χ0) is 16.5. The minimum Gasteiger partial charge on any atom is -0.343 e. The van der Waals surface area contributed by atoms with Gasteiger partial charge in [0.1, 0.15) is 0 Å². The van der Waals surface area contributed by atoms with E-state index < -0.39 is 0 Å². The van der Waals surface area contributed by atoms with Crippen molar-refractivity contribution in [1.29, 1.82) is 0 Å². The van der Waals surface area contributed by atoms with Crippen LogP contribution in [0, 0.1) is 5.92 Å². The zero-order valence-corrected chi connectivity index (χ0v) is 14.3. The number of hydrogen-bond acceptors (Lipinski definition) is 1. The average Bonchev–Trinajstić information content (AvgIpc) is 3.00. The number of amides is 1. The fourth-order valence-corrected chi connectivity index (χ4v) is 4.74. The molecule has 0 bridgehead atoms. The lowest BCUT2D eigenvalue weighted by Crippen LogP contribution is -2.49. The van der Waals surface area contributed by atoms with E-state index >= 15 is 0 Å². The Hall–Kier alpha value is -2.03. The molecular weight excluding hydrogens is 296 g/mol. The van der Waals surface area contributed by atoms with Crippen LogP contribution in [0.15, 0.2) is 43.1 Å². The van der Waals surface area contributed by atoms with E-state index in [9.17, 15) is 4.79 Å². The Balaban J connectivity index is 1.71. The summed E-state index contributed by atoms with van der Waals surface area (Å²) in [5, 5.41) is 1.07. The van der Waals surface area contributed by atoms with E-state index in [-0.39, 0.29) is 5.91 Å². The van der Waals surface area contributed by atoms with Gasteiger partial charge in [0.25, 0.3) is 5.91 Å². The van der Waals surface area contributed by atoms with Crippen molar-refractivity contribution >= 4 is 16.8 Å². The Bertz CT molecular complexity index is 758. The van der Waals surface area contributed by atoms with Gasteiger partial charge in [0.2, 0.25) is 0 Å². The topological polar surface area (TPSA) is 25.2 Å². The first kappa shape index (κ1) is 15.5. The van der Waals surface area contributed by atoms with Crippen molar-refractivity contribution < 1.29 is 4.79 Å². The Morgan fingerprint density at radius 1 is 1.17 bits per heavy atom. The Labute approximate surface area is 143 Å². The highest BCUT2D eigenvalue weighted by Gasteiger charge is 2.36. The van der Waals surface area contributed by atoms with Crippen molar-refractivity contribution in [3.8, 4) is 0 Å². The minimum atomic E-state index is 0.227. The largest absolute Gasteiger partial charge is 0.343 e. The first-order valence-electron chi connectivity index (χ1n) is 9.29. The molecule has 0 spiro atoms. The van der Waals surface area contributed by atoms with Gasteiger partial charge in [-0.2, -0.15) is 0 Å². The molecule has 0 radical (unpaired) electrons. The number of carbonyl (C=O) groups is 1.